The number of esters is 1. The van der Waals surface area contributed by atoms with E-state index in [1.54, 1.807) is 22.8 Å². The van der Waals surface area contributed by atoms with Gasteiger partial charge in [-0.1, -0.05) is 6.92 Å². The van der Waals surface area contributed by atoms with E-state index < -0.39 is 11.7 Å². The van der Waals surface area contributed by atoms with Gasteiger partial charge in [0.05, 0.1) is 12.0 Å². The molecule has 0 radical (unpaired) electrons. The van der Waals surface area contributed by atoms with Gasteiger partial charge >= 0.3 is 11.7 Å². The summed E-state index contributed by atoms with van der Waals surface area (Å²) in [5.41, 5.74) is 0.294. The SMILES string of the molecule is CCOC(=O)Cn1c(=O)c2c3c(sc2n(CCCN(C)C)c1=O)C[C@@H](C)CC3. The van der Waals surface area contributed by atoms with Crippen LogP contribution in [0.15, 0.2) is 9.59 Å². The fourth-order valence-corrected chi connectivity index (χ4v) is 5.34. The highest BCUT2D eigenvalue weighted by atomic mass is 32.1. The minimum Gasteiger partial charge on any atom is -0.465 e. The third kappa shape index (κ3) is 4.07. The Balaban J connectivity index is 2.15. The maximum absolute atomic E-state index is 13.2. The van der Waals surface area contributed by atoms with Crippen LogP contribution < -0.4 is 11.2 Å². The van der Waals surface area contributed by atoms with Gasteiger partial charge in [0, 0.05) is 11.4 Å². The van der Waals surface area contributed by atoms with Gasteiger partial charge in [0.2, 0.25) is 0 Å². The van der Waals surface area contributed by atoms with Gasteiger partial charge in [-0.25, -0.2) is 9.36 Å². The molecule has 0 unspecified atom stereocenters. The van der Waals surface area contributed by atoms with Crippen LogP contribution in [0.4, 0.5) is 0 Å². The van der Waals surface area contributed by atoms with E-state index in [-0.39, 0.29) is 18.7 Å². The van der Waals surface area contributed by atoms with E-state index in [2.05, 4.69) is 11.8 Å². The molecule has 3 rings (SSSR count). The molecule has 0 aromatic carbocycles. The molecule has 2 heterocycles. The van der Waals surface area contributed by atoms with E-state index in [1.165, 1.54) is 4.88 Å². The van der Waals surface area contributed by atoms with Crippen LogP contribution in [-0.4, -0.2) is 47.3 Å². The van der Waals surface area contributed by atoms with Crippen LogP contribution in [0.3, 0.4) is 0 Å². The minimum absolute atomic E-state index is 0.221. The normalized spacial score (nSPS) is 16.5. The van der Waals surface area contributed by atoms with Gasteiger partial charge in [-0.05, 0) is 64.7 Å². The Morgan fingerprint density at radius 3 is 2.71 bits per heavy atom. The number of thiophene rings is 1. The molecule has 0 fully saturated rings. The highest BCUT2D eigenvalue weighted by molar-refractivity contribution is 7.18. The van der Waals surface area contributed by atoms with E-state index in [9.17, 15) is 14.4 Å². The Morgan fingerprint density at radius 1 is 1.29 bits per heavy atom. The number of aryl methyl sites for hydroxylation is 2. The monoisotopic (exact) mass is 407 g/mol. The molecule has 28 heavy (non-hydrogen) atoms. The predicted octanol–water partition coefficient (Wildman–Crippen LogP) is 1.86. The highest BCUT2D eigenvalue weighted by Gasteiger charge is 2.26. The van der Waals surface area contributed by atoms with E-state index >= 15 is 0 Å². The van der Waals surface area contributed by atoms with E-state index in [1.807, 2.05) is 14.1 Å². The van der Waals surface area contributed by atoms with Crippen LogP contribution in [0.2, 0.25) is 0 Å². The first-order chi connectivity index (χ1) is 13.3. The Kier molecular flexibility index (Phi) is 6.40. The number of aromatic nitrogens is 2. The van der Waals surface area contributed by atoms with Crippen molar-refractivity contribution >= 4 is 27.5 Å². The second kappa shape index (κ2) is 8.61. The molecule has 2 aromatic rings. The predicted molar refractivity (Wildman–Crippen MR) is 111 cm³/mol. The Labute approximate surface area is 168 Å². The summed E-state index contributed by atoms with van der Waals surface area (Å²) < 4.78 is 7.72. The van der Waals surface area contributed by atoms with Gasteiger partial charge in [0.15, 0.2) is 0 Å². The minimum atomic E-state index is -0.557. The third-order valence-electron chi connectivity index (χ3n) is 5.24. The van der Waals surface area contributed by atoms with Crippen molar-refractivity contribution in [2.24, 2.45) is 5.92 Å². The average molecular weight is 408 g/mol. The third-order valence-corrected chi connectivity index (χ3v) is 6.52. The van der Waals surface area contributed by atoms with Crippen molar-refractivity contribution in [3.8, 4) is 0 Å². The lowest BCUT2D eigenvalue weighted by Gasteiger charge is -2.17. The topological polar surface area (TPSA) is 73.5 Å². The number of nitrogens with zero attached hydrogens (tertiary/aromatic N) is 3. The lowest BCUT2D eigenvalue weighted by molar-refractivity contribution is -0.143. The van der Waals surface area contributed by atoms with Crippen LogP contribution in [-0.2, 0) is 35.5 Å². The second-order valence-electron chi connectivity index (χ2n) is 7.82. The molecule has 0 saturated heterocycles. The number of rotatable bonds is 7. The molecule has 0 spiro atoms. The zero-order chi connectivity index (χ0) is 20.4. The number of hydrogen-bond donors (Lipinski definition) is 0. The van der Waals surface area contributed by atoms with Gasteiger partial charge < -0.3 is 9.64 Å². The molecule has 0 saturated carbocycles. The quantitative estimate of drug-likeness (QED) is 0.655. The van der Waals surface area contributed by atoms with Crippen molar-refractivity contribution in [2.75, 3.05) is 27.2 Å². The summed E-state index contributed by atoms with van der Waals surface area (Å²) in [4.78, 5) is 42.3. The molecule has 0 N–H and O–H groups in total. The first kappa shape index (κ1) is 20.8. The highest BCUT2D eigenvalue weighted by Crippen LogP contribution is 2.36. The van der Waals surface area contributed by atoms with Crippen LogP contribution in [0, 0.1) is 5.92 Å². The van der Waals surface area contributed by atoms with Crippen molar-refractivity contribution in [1.82, 2.24) is 14.0 Å². The number of fused-ring (bicyclic) bond motifs is 3. The van der Waals surface area contributed by atoms with Crippen molar-refractivity contribution in [1.29, 1.82) is 0 Å². The molecule has 154 valence electrons. The zero-order valence-corrected chi connectivity index (χ0v) is 17.9. The molecule has 7 nitrogen and oxygen atoms in total. The van der Waals surface area contributed by atoms with Gasteiger partial charge in [0.1, 0.15) is 11.4 Å². The molecular weight excluding hydrogens is 378 g/mol. The summed E-state index contributed by atoms with van der Waals surface area (Å²) in [5, 5.41) is 0.626. The Bertz CT molecular complexity index is 986. The largest absolute Gasteiger partial charge is 0.465 e. The van der Waals surface area contributed by atoms with Crippen LogP contribution in [0.25, 0.3) is 10.2 Å². The lowest BCUT2D eigenvalue weighted by atomic mass is 9.89. The van der Waals surface area contributed by atoms with Crippen molar-refractivity contribution in [3.05, 3.63) is 31.3 Å². The van der Waals surface area contributed by atoms with Crippen molar-refractivity contribution < 1.29 is 9.53 Å². The molecular formula is C20H29N3O4S. The molecule has 8 heteroatoms. The average Bonchev–Trinajstić information content (AvgIpc) is 2.99. The number of carbonyl (C=O) groups excluding carboxylic acids is 1. The standard InChI is InChI=1S/C20H29N3O4S/c1-5-27-16(24)12-23-18(25)17-14-8-7-13(2)11-15(14)28-19(17)22(20(23)26)10-6-9-21(3)4/h13H,5-12H2,1-4H3/t13-/m0/s1. The maximum atomic E-state index is 13.2. The zero-order valence-electron chi connectivity index (χ0n) is 17.1. The molecule has 0 amide bonds. The Hall–Kier alpha value is -1.93. The molecule has 2 aromatic heterocycles. The van der Waals surface area contributed by atoms with Gasteiger partial charge in [-0.3, -0.25) is 14.2 Å². The van der Waals surface area contributed by atoms with Crippen molar-refractivity contribution in [3.63, 3.8) is 0 Å². The summed E-state index contributed by atoms with van der Waals surface area (Å²) in [7, 11) is 3.98. The van der Waals surface area contributed by atoms with E-state index in [4.69, 9.17) is 4.74 Å². The summed E-state index contributed by atoms with van der Waals surface area (Å²) >= 11 is 1.57. The Morgan fingerprint density at radius 2 is 2.04 bits per heavy atom. The van der Waals surface area contributed by atoms with E-state index in [0.717, 1.165) is 47.2 Å². The smallest absolute Gasteiger partial charge is 0.332 e. The van der Waals surface area contributed by atoms with Gasteiger partial charge in [0.25, 0.3) is 5.56 Å². The summed E-state index contributed by atoms with van der Waals surface area (Å²) in [6.07, 6.45) is 3.62. The fraction of sp³-hybridized carbons (Fsp3) is 0.650. The summed E-state index contributed by atoms with van der Waals surface area (Å²) in [6.45, 7) is 5.17. The van der Waals surface area contributed by atoms with Crippen LogP contribution in [0.1, 0.15) is 37.1 Å². The number of carbonyl (C=O) groups is 1. The molecule has 1 aliphatic carbocycles. The van der Waals surface area contributed by atoms with Gasteiger partial charge in [-0.2, -0.15) is 0 Å². The number of ether oxygens (including phenoxy) is 1. The first-order valence-corrected chi connectivity index (χ1v) is 10.7. The van der Waals surface area contributed by atoms with Crippen molar-refractivity contribution in [2.45, 2.75) is 52.6 Å². The van der Waals surface area contributed by atoms with Crippen LogP contribution in [0.5, 0.6) is 0 Å². The molecule has 0 aliphatic heterocycles. The second-order valence-corrected chi connectivity index (χ2v) is 8.90. The fourth-order valence-electron chi connectivity index (χ4n) is 3.82. The maximum Gasteiger partial charge on any atom is 0.332 e. The molecule has 0 bridgehead atoms. The van der Waals surface area contributed by atoms with E-state index in [0.29, 0.717) is 17.8 Å². The van der Waals surface area contributed by atoms with Gasteiger partial charge in [-0.15, -0.1) is 11.3 Å². The number of hydrogen-bond acceptors (Lipinski definition) is 6. The molecule has 1 aliphatic rings. The van der Waals surface area contributed by atoms with Crippen LogP contribution >= 0.6 is 11.3 Å². The summed E-state index contributed by atoms with van der Waals surface area (Å²) in [5.74, 6) is 0.0230. The lowest BCUT2D eigenvalue weighted by Crippen LogP contribution is -2.42. The molecule has 1 atom stereocenters. The first-order valence-electron chi connectivity index (χ1n) is 9.91. The summed E-state index contributed by atoms with van der Waals surface area (Å²) in [6, 6.07) is 0.